The maximum Gasteiger partial charge on any atom is 0.0682 e. The van der Waals surface area contributed by atoms with Gasteiger partial charge in [-0.3, -0.25) is 14.6 Å². The molecule has 118 valence electrons. The lowest BCUT2D eigenvalue weighted by molar-refractivity contribution is 0.246. The van der Waals surface area contributed by atoms with Gasteiger partial charge >= 0.3 is 0 Å². The zero-order valence-corrected chi connectivity index (χ0v) is 13.2. The summed E-state index contributed by atoms with van der Waals surface area (Å²) in [4.78, 5) is 9.14. The summed E-state index contributed by atoms with van der Waals surface area (Å²) in [6.45, 7) is 6.30. The molecule has 0 spiro atoms. The number of benzene rings is 1. The number of pyridine rings is 1. The SMILES string of the molecule is c1cncc(N2CCN(CCn3ncc4ccccc43)CC2)c1. The second kappa shape index (κ2) is 6.38. The summed E-state index contributed by atoms with van der Waals surface area (Å²) in [5, 5.41) is 5.73. The predicted molar refractivity (Wildman–Crippen MR) is 92.6 cm³/mol. The zero-order chi connectivity index (χ0) is 15.5. The van der Waals surface area contributed by atoms with E-state index in [4.69, 9.17) is 0 Å². The molecule has 1 saturated heterocycles. The normalized spacial score (nSPS) is 16.1. The van der Waals surface area contributed by atoms with E-state index in [9.17, 15) is 0 Å². The topological polar surface area (TPSA) is 37.2 Å². The van der Waals surface area contributed by atoms with Gasteiger partial charge in [0.2, 0.25) is 0 Å². The van der Waals surface area contributed by atoms with Crippen LogP contribution in [-0.2, 0) is 6.54 Å². The van der Waals surface area contributed by atoms with Crippen LogP contribution in [0.3, 0.4) is 0 Å². The fourth-order valence-electron chi connectivity index (χ4n) is 3.21. The van der Waals surface area contributed by atoms with E-state index in [-0.39, 0.29) is 0 Å². The van der Waals surface area contributed by atoms with Crippen LogP contribution in [0.4, 0.5) is 5.69 Å². The van der Waals surface area contributed by atoms with Crippen LogP contribution in [0.2, 0.25) is 0 Å². The van der Waals surface area contributed by atoms with E-state index in [0.29, 0.717) is 0 Å². The molecule has 0 atom stereocenters. The van der Waals surface area contributed by atoms with E-state index in [2.05, 4.69) is 54.9 Å². The van der Waals surface area contributed by atoms with E-state index in [0.717, 1.165) is 39.3 Å². The van der Waals surface area contributed by atoms with Crippen molar-refractivity contribution in [2.45, 2.75) is 6.54 Å². The number of hydrogen-bond acceptors (Lipinski definition) is 4. The van der Waals surface area contributed by atoms with Gasteiger partial charge in [0.25, 0.3) is 0 Å². The van der Waals surface area contributed by atoms with Gasteiger partial charge in [-0.15, -0.1) is 0 Å². The van der Waals surface area contributed by atoms with Crippen LogP contribution >= 0.6 is 0 Å². The first-order valence-electron chi connectivity index (χ1n) is 8.18. The van der Waals surface area contributed by atoms with Crippen molar-refractivity contribution in [3.8, 4) is 0 Å². The number of anilines is 1. The Morgan fingerprint density at radius 2 is 1.74 bits per heavy atom. The molecule has 0 N–H and O–H groups in total. The van der Waals surface area contributed by atoms with Crippen molar-refractivity contribution in [3.05, 3.63) is 55.0 Å². The number of para-hydroxylation sites is 1. The Morgan fingerprint density at radius 3 is 2.57 bits per heavy atom. The fraction of sp³-hybridized carbons (Fsp3) is 0.333. The molecule has 0 radical (unpaired) electrons. The Kier molecular flexibility index (Phi) is 3.94. The summed E-state index contributed by atoms with van der Waals surface area (Å²) in [5.41, 5.74) is 2.45. The molecule has 3 aromatic rings. The van der Waals surface area contributed by atoms with Gasteiger partial charge in [-0.05, 0) is 18.2 Å². The number of nitrogens with zero attached hydrogens (tertiary/aromatic N) is 5. The first-order chi connectivity index (χ1) is 11.4. The maximum atomic E-state index is 4.51. The average molecular weight is 307 g/mol. The average Bonchev–Trinajstić information content (AvgIpc) is 3.04. The second-order valence-electron chi connectivity index (χ2n) is 5.97. The molecular weight excluding hydrogens is 286 g/mol. The molecule has 0 bridgehead atoms. The molecule has 1 aromatic carbocycles. The van der Waals surface area contributed by atoms with E-state index in [1.807, 2.05) is 24.7 Å². The molecule has 2 aromatic heterocycles. The van der Waals surface area contributed by atoms with Crippen molar-refractivity contribution in [1.29, 1.82) is 0 Å². The highest BCUT2D eigenvalue weighted by Gasteiger charge is 2.17. The minimum Gasteiger partial charge on any atom is -0.368 e. The first-order valence-corrected chi connectivity index (χ1v) is 8.18. The van der Waals surface area contributed by atoms with Crippen LogP contribution in [0.25, 0.3) is 10.9 Å². The molecule has 23 heavy (non-hydrogen) atoms. The Balaban J connectivity index is 1.33. The minimum atomic E-state index is 0.945. The number of hydrogen-bond donors (Lipinski definition) is 0. The van der Waals surface area contributed by atoms with Gasteiger partial charge in [0.1, 0.15) is 0 Å². The molecule has 0 amide bonds. The zero-order valence-electron chi connectivity index (χ0n) is 13.2. The molecule has 5 nitrogen and oxygen atoms in total. The van der Waals surface area contributed by atoms with Gasteiger partial charge in [-0.1, -0.05) is 18.2 Å². The van der Waals surface area contributed by atoms with Gasteiger partial charge < -0.3 is 4.90 Å². The van der Waals surface area contributed by atoms with Crippen molar-refractivity contribution in [3.63, 3.8) is 0 Å². The first kappa shape index (κ1) is 14.2. The van der Waals surface area contributed by atoms with E-state index in [1.54, 1.807) is 0 Å². The third-order valence-corrected chi connectivity index (χ3v) is 4.56. The Bertz CT molecular complexity index is 759. The molecular formula is C18H21N5. The van der Waals surface area contributed by atoms with Gasteiger partial charge in [-0.2, -0.15) is 5.10 Å². The lowest BCUT2D eigenvalue weighted by Gasteiger charge is -2.35. The van der Waals surface area contributed by atoms with E-state index < -0.39 is 0 Å². The molecule has 0 unspecified atom stereocenters. The smallest absolute Gasteiger partial charge is 0.0682 e. The summed E-state index contributed by atoms with van der Waals surface area (Å²) < 4.78 is 2.11. The Morgan fingerprint density at radius 1 is 0.870 bits per heavy atom. The second-order valence-corrected chi connectivity index (χ2v) is 5.97. The van der Waals surface area contributed by atoms with Gasteiger partial charge in [0.15, 0.2) is 0 Å². The number of piperazine rings is 1. The lowest BCUT2D eigenvalue weighted by Crippen LogP contribution is -2.47. The molecule has 0 aliphatic carbocycles. The number of fused-ring (bicyclic) bond motifs is 1. The predicted octanol–water partition coefficient (Wildman–Crippen LogP) is 2.25. The third kappa shape index (κ3) is 3.05. The van der Waals surface area contributed by atoms with Crippen LogP contribution in [0.1, 0.15) is 0 Å². The molecule has 4 rings (SSSR count). The van der Waals surface area contributed by atoms with Crippen LogP contribution < -0.4 is 4.90 Å². The standard InChI is InChI=1S/C18H21N5/c1-2-6-18-16(4-1)14-20-23(18)13-10-21-8-11-22(12-9-21)17-5-3-7-19-15-17/h1-7,14-15H,8-13H2. The van der Waals surface area contributed by atoms with Crippen molar-refractivity contribution in [1.82, 2.24) is 19.7 Å². The Labute approximate surface area is 136 Å². The maximum absolute atomic E-state index is 4.51. The van der Waals surface area contributed by atoms with Crippen molar-refractivity contribution < 1.29 is 0 Å². The van der Waals surface area contributed by atoms with Gasteiger partial charge in [0.05, 0.1) is 30.1 Å². The van der Waals surface area contributed by atoms with Crippen LogP contribution in [0, 0.1) is 0 Å². The molecule has 1 aliphatic rings. The highest BCUT2D eigenvalue weighted by atomic mass is 15.3. The minimum absolute atomic E-state index is 0.945. The molecule has 1 aliphatic heterocycles. The monoisotopic (exact) mass is 307 g/mol. The molecule has 3 heterocycles. The fourth-order valence-corrected chi connectivity index (χ4v) is 3.21. The number of rotatable bonds is 4. The van der Waals surface area contributed by atoms with E-state index in [1.165, 1.54) is 16.6 Å². The molecule has 1 fully saturated rings. The van der Waals surface area contributed by atoms with Crippen LogP contribution in [-0.4, -0.2) is 52.4 Å². The van der Waals surface area contributed by atoms with Crippen LogP contribution in [0.15, 0.2) is 55.0 Å². The molecule has 5 heteroatoms. The summed E-state index contributed by atoms with van der Waals surface area (Å²) in [6.07, 6.45) is 5.73. The van der Waals surface area contributed by atoms with E-state index >= 15 is 0 Å². The molecule has 0 saturated carbocycles. The van der Waals surface area contributed by atoms with Crippen LogP contribution in [0.5, 0.6) is 0 Å². The largest absolute Gasteiger partial charge is 0.368 e. The highest BCUT2D eigenvalue weighted by molar-refractivity contribution is 5.78. The lowest BCUT2D eigenvalue weighted by atomic mass is 10.2. The summed E-state index contributed by atoms with van der Waals surface area (Å²) in [5.74, 6) is 0. The quantitative estimate of drug-likeness (QED) is 0.741. The number of aromatic nitrogens is 3. The summed E-state index contributed by atoms with van der Waals surface area (Å²) >= 11 is 0. The van der Waals surface area contributed by atoms with Gasteiger partial charge in [0, 0.05) is 44.3 Å². The Hall–Kier alpha value is -2.40. The highest BCUT2D eigenvalue weighted by Crippen LogP contribution is 2.15. The van der Waals surface area contributed by atoms with Gasteiger partial charge in [-0.25, -0.2) is 0 Å². The van der Waals surface area contributed by atoms with Crippen molar-refractivity contribution in [2.24, 2.45) is 0 Å². The summed E-state index contributed by atoms with van der Waals surface area (Å²) in [6, 6.07) is 12.5. The van der Waals surface area contributed by atoms with Crippen molar-refractivity contribution >= 4 is 16.6 Å². The van der Waals surface area contributed by atoms with Crippen molar-refractivity contribution in [2.75, 3.05) is 37.6 Å². The third-order valence-electron chi connectivity index (χ3n) is 4.56. The summed E-state index contributed by atoms with van der Waals surface area (Å²) in [7, 11) is 0.